The van der Waals surface area contributed by atoms with Crippen LogP contribution in [0.5, 0.6) is 5.75 Å². The average Bonchev–Trinajstić information content (AvgIpc) is 2.76. The molecule has 3 rings (SSSR count). The number of ether oxygens (including phenoxy) is 2. The minimum absolute atomic E-state index is 0.121. The molecule has 0 fully saturated rings. The molecule has 2 aromatic carbocycles. The molecule has 0 radical (unpaired) electrons. The van der Waals surface area contributed by atoms with Crippen LogP contribution >= 0.6 is 0 Å². The monoisotopic (exact) mass is 428 g/mol. The molecule has 6 nitrogen and oxygen atoms in total. The number of hydrogen-bond acceptors (Lipinski definition) is 5. The number of unbranched alkanes of at least 4 members (excludes halogenated alkanes) is 1. The van der Waals surface area contributed by atoms with Gasteiger partial charge >= 0.3 is 5.97 Å². The van der Waals surface area contributed by atoms with E-state index in [0.717, 1.165) is 25.0 Å². The van der Waals surface area contributed by atoms with Crippen LogP contribution in [0.2, 0.25) is 0 Å². The van der Waals surface area contributed by atoms with Gasteiger partial charge in [-0.25, -0.2) is 18.6 Å². The Kier molecular flexibility index (Phi) is 7.25. The summed E-state index contributed by atoms with van der Waals surface area (Å²) >= 11 is 0. The van der Waals surface area contributed by atoms with Crippen molar-refractivity contribution < 1.29 is 28.2 Å². The van der Waals surface area contributed by atoms with Crippen LogP contribution in [-0.2, 0) is 11.2 Å². The molecule has 0 saturated heterocycles. The number of aromatic carboxylic acids is 1. The smallest absolute Gasteiger partial charge is 0.335 e. The number of hydrogen-bond donors (Lipinski definition) is 1. The fourth-order valence-corrected chi connectivity index (χ4v) is 3.17. The molecule has 0 atom stereocenters. The Morgan fingerprint density at radius 3 is 2.26 bits per heavy atom. The lowest BCUT2D eigenvalue weighted by Crippen LogP contribution is -2.02. The topological polar surface area (TPSA) is 81.5 Å². The quantitative estimate of drug-likeness (QED) is 0.495. The maximum atomic E-state index is 14.3. The van der Waals surface area contributed by atoms with E-state index in [-0.39, 0.29) is 16.8 Å². The molecule has 0 aliphatic heterocycles. The second-order valence-electron chi connectivity index (χ2n) is 6.86. The second kappa shape index (κ2) is 10.1. The van der Waals surface area contributed by atoms with E-state index < -0.39 is 23.4 Å². The van der Waals surface area contributed by atoms with Crippen LogP contribution in [0.4, 0.5) is 8.78 Å². The summed E-state index contributed by atoms with van der Waals surface area (Å²) in [4.78, 5) is 20.3. The van der Waals surface area contributed by atoms with Gasteiger partial charge in [-0.15, -0.1) is 0 Å². The van der Waals surface area contributed by atoms with E-state index in [2.05, 4.69) is 9.97 Å². The largest absolute Gasteiger partial charge is 0.491 e. The molecule has 8 heteroatoms. The molecular weight excluding hydrogens is 406 g/mol. The summed E-state index contributed by atoms with van der Waals surface area (Å²) in [6.45, 7) is 0.638. The van der Waals surface area contributed by atoms with E-state index in [0.29, 0.717) is 30.0 Å². The minimum atomic E-state index is -1.05. The van der Waals surface area contributed by atoms with Gasteiger partial charge in [0.1, 0.15) is 0 Å². The molecule has 0 aliphatic rings. The summed E-state index contributed by atoms with van der Waals surface area (Å²) in [7, 11) is 2.83. The summed E-state index contributed by atoms with van der Waals surface area (Å²) in [5.74, 6) is -3.23. The minimum Gasteiger partial charge on any atom is -0.491 e. The number of benzene rings is 2. The van der Waals surface area contributed by atoms with Crippen LogP contribution in [0.15, 0.2) is 42.6 Å². The van der Waals surface area contributed by atoms with Crippen molar-refractivity contribution in [1.29, 1.82) is 0 Å². The Labute approximate surface area is 178 Å². The van der Waals surface area contributed by atoms with Crippen LogP contribution in [0, 0.1) is 11.6 Å². The number of nitrogens with zero attached hydrogens (tertiary/aromatic N) is 2. The van der Waals surface area contributed by atoms with Crippen LogP contribution in [0.1, 0.15) is 28.9 Å². The predicted octanol–water partition coefficient (Wildman–Crippen LogP) is 4.76. The molecule has 162 valence electrons. The van der Waals surface area contributed by atoms with E-state index in [1.807, 2.05) is 0 Å². The first-order valence-electron chi connectivity index (χ1n) is 9.66. The summed E-state index contributed by atoms with van der Waals surface area (Å²) in [5.41, 5.74) is 2.31. The molecule has 0 saturated carbocycles. The Morgan fingerprint density at radius 2 is 1.68 bits per heavy atom. The first-order chi connectivity index (χ1) is 14.9. The number of carbonyl (C=O) groups is 1. The standard InChI is InChI=1S/C23H22F2N2O4/c1-30-10-4-3-5-17-13-26-20(16-11-18(24)22(31-2)19(25)12-16)21(27-17)14-6-8-15(9-7-14)23(28)29/h6-9,11-13H,3-5,10H2,1-2H3,(H,28,29). The Morgan fingerprint density at radius 1 is 1.00 bits per heavy atom. The Hall–Kier alpha value is -3.39. The molecule has 0 spiro atoms. The summed E-state index contributed by atoms with van der Waals surface area (Å²) < 4.78 is 38.4. The van der Waals surface area contributed by atoms with Gasteiger partial charge in [-0.05, 0) is 43.5 Å². The van der Waals surface area contributed by atoms with Crippen molar-refractivity contribution in [2.24, 2.45) is 0 Å². The molecule has 1 N–H and O–H groups in total. The summed E-state index contributed by atoms with van der Waals surface area (Å²) in [5, 5.41) is 9.14. The van der Waals surface area contributed by atoms with E-state index in [1.165, 1.54) is 19.2 Å². The van der Waals surface area contributed by atoms with Crippen molar-refractivity contribution in [3.05, 3.63) is 65.5 Å². The third kappa shape index (κ3) is 5.21. The lowest BCUT2D eigenvalue weighted by Gasteiger charge is -2.12. The zero-order valence-electron chi connectivity index (χ0n) is 17.2. The highest BCUT2D eigenvalue weighted by molar-refractivity contribution is 5.88. The molecule has 0 unspecified atom stereocenters. The van der Waals surface area contributed by atoms with Gasteiger partial charge in [0.2, 0.25) is 0 Å². The SMILES string of the molecule is COCCCCc1cnc(-c2cc(F)c(OC)c(F)c2)c(-c2ccc(C(=O)O)cc2)n1. The molecule has 31 heavy (non-hydrogen) atoms. The van der Waals surface area contributed by atoms with E-state index in [1.54, 1.807) is 25.4 Å². The number of carboxylic acids is 1. The first kappa shape index (κ1) is 22.3. The normalized spacial score (nSPS) is 10.8. The average molecular weight is 428 g/mol. The van der Waals surface area contributed by atoms with Gasteiger partial charge in [0, 0.05) is 31.0 Å². The highest BCUT2D eigenvalue weighted by atomic mass is 19.1. The third-order valence-corrected chi connectivity index (χ3v) is 4.73. The fraction of sp³-hybridized carbons (Fsp3) is 0.261. The van der Waals surface area contributed by atoms with Gasteiger partial charge in [-0.3, -0.25) is 4.98 Å². The highest BCUT2D eigenvalue weighted by Gasteiger charge is 2.18. The van der Waals surface area contributed by atoms with Gasteiger partial charge in [0.05, 0.1) is 29.8 Å². The predicted molar refractivity (Wildman–Crippen MR) is 111 cm³/mol. The van der Waals surface area contributed by atoms with Crippen molar-refractivity contribution in [3.8, 4) is 28.3 Å². The Bertz CT molecular complexity index is 1050. The van der Waals surface area contributed by atoms with Crippen molar-refractivity contribution >= 4 is 5.97 Å². The van der Waals surface area contributed by atoms with Crippen LogP contribution in [-0.4, -0.2) is 41.9 Å². The van der Waals surface area contributed by atoms with Crippen LogP contribution in [0.3, 0.4) is 0 Å². The van der Waals surface area contributed by atoms with Crippen molar-refractivity contribution in [1.82, 2.24) is 9.97 Å². The van der Waals surface area contributed by atoms with Crippen molar-refractivity contribution in [3.63, 3.8) is 0 Å². The second-order valence-corrected chi connectivity index (χ2v) is 6.86. The zero-order valence-corrected chi connectivity index (χ0v) is 17.2. The van der Waals surface area contributed by atoms with E-state index >= 15 is 0 Å². The van der Waals surface area contributed by atoms with Crippen LogP contribution in [0.25, 0.3) is 22.5 Å². The van der Waals surface area contributed by atoms with E-state index in [9.17, 15) is 13.6 Å². The fourth-order valence-electron chi connectivity index (χ4n) is 3.17. The third-order valence-electron chi connectivity index (χ3n) is 4.73. The van der Waals surface area contributed by atoms with Gasteiger partial charge in [0.15, 0.2) is 17.4 Å². The molecule has 0 amide bonds. The Balaban J connectivity index is 2.06. The van der Waals surface area contributed by atoms with Gasteiger partial charge in [-0.2, -0.15) is 0 Å². The van der Waals surface area contributed by atoms with Crippen molar-refractivity contribution in [2.75, 3.05) is 20.8 Å². The lowest BCUT2D eigenvalue weighted by molar-refractivity contribution is 0.0697. The summed E-state index contributed by atoms with van der Waals surface area (Å²) in [6, 6.07) is 8.37. The maximum Gasteiger partial charge on any atom is 0.335 e. The van der Waals surface area contributed by atoms with Gasteiger partial charge in [-0.1, -0.05) is 12.1 Å². The van der Waals surface area contributed by atoms with E-state index in [4.69, 9.17) is 14.6 Å². The van der Waals surface area contributed by atoms with Gasteiger partial charge in [0.25, 0.3) is 0 Å². The molecular formula is C23H22F2N2O4. The van der Waals surface area contributed by atoms with Crippen LogP contribution < -0.4 is 4.74 Å². The number of aromatic nitrogens is 2. The first-order valence-corrected chi connectivity index (χ1v) is 9.66. The highest BCUT2D eigenvalue weighted by Crippen LogP contribution is 2.33. The molecule has 1 heterocycles. The summed E-state index contributed by atoms with van der Waals surface area (Å²) in [6.07, 6.45) is 3.93. The number of aryl methyl sites for hydroxylation is 1. The lowest BCUT2D eigenvalue weighted by atomic mass is 10.0. The maximum absolute atomic E-state index is 14.3. The number of rotatable bonds is 9. The molecule has 0 bridgehead atoms. The number of halogens is 2. The zero-order chi connectivity index (χ0) is 22.4. The van der Waals surface area contributed by atoms with Gasteiger partial charge < -0.3 is 14.6 Å². The number of methoxy groups -OCH3 is 2. The van der Waals surface area contributed by atoms with Crippen molar-refractivity contribution in [2.45, 2.75) is 19.3 Å². The molecule has 0 aliphatic carbocycles. The molecule has 1 aromatic heterocycles. The number of carboxylic acid groups (broad SMARTS) is 1. The molecule has 3 aromatic rings.